The minimum atomic E-state index is -3.83. The lowest BCUT2D eigenvalue weighted by Crippen LogP contribution is -2.14. The summed E-state index contributed by atoms with van der Waals surface area (Å²) in [5, 5.41) is 18.6. The molecule has 3 N–H and O–H groups in total. The number of sulfonamides is 1. The van der Waals surface area contributed by atoms with Crippen molar-refractivity contribution in [1.82, 2.24) is 20.0 Å². The number of aliphatic carboxylic acids is 1. The second-order valence-electron chi connectivity index (χ2n) is 4.00. The van der Waals surface area contributed by atoms with E-state index in [0.717, 1.165) is 22.6 Å². The number of hydrogen-bond donors (Lipinski definition) is 3. The highest BCUT2D eigenvalue weighted by molar-refractivity contribution is 7.92. The molecule has 0 aliphatic heterocycles. The lowest BCUT2D eigenvalue weighted by molar-refractivity contribution is -0.137. The molecule has 20 heavy (non-hydrogen) atoms. The molecule has 0 aliphatic rings. The number of nitrogens with one attached hydrogen (secondary N) is 2. The van der Waals surface area contributed by atoms with Crippen molar-refractivity contribution in [3.05, 3.63) is 24.2 Å². The number of aromatic amines is 1. The van der Waals surface area contributed by atoms with Gasteiger partial charge in [0.1, 0.15) is 17.3 Å². The van der Waals surface area contributed by atoms with Crippen LogP contribution in [0.3, 0.4) is 0 Å². The van der Waals surface area contributed by atoms with E-state index in [1.54, 1.807) is 0 Å². The number of carboxylic acids is 1. The molecule has 10 heteroatoms. The average molecular weight is 299 g/mol. The van der Waals surface area contributed by atoms with E-state index in [9.17, 15) is 13.2 Å². The van der Waals surface area contributed by atoms with E-state index in [4.69, 9.17) is 5.11 Å². The van der Waals surface area contributed by atoms with Gasteiger partial charge < -0.3 is 5.11 Å². The van der Waals surface area contributed by atoms with E-state index in [0.29, 0.717) is 12.2 Å². The van der Waals surface area contributed by atoms with Crippen LogP contribution in [-0.2, 0) is 27.8 Å². The topological polar surface area (TPSA) is 130 Å². The monoisotopic (exact) mass is 299 g/mol. The van der Waals surface area contributed by atoms with Crippen LogP contribution < -0.4 is 4.72 Å². The minimum Gasteiger partial charge on any atom is -0.480 e. The summed E-state index contributed by atoms with van der Waals surface area (Å²) in [5.74, 6) is -0.815. The molecule has 2 heterocycles. The first-order chi connectivity index (χ1) is 9.42. The number of H-pyrrole nitrogens is 1. The highest BCUT2D eigenvalue weighted by Crippen LogP contribution is 2.17. The molecule has 0 aliphatic carbocycles. The first-order valence-electron chi connectivity index (χ1n) is 5.71. The molecule has 0 amide bonds. The second kappa shape index (κ2) is 5.33. The predicted octanol–water partition coefficient (Wildman–Crippen LogP) is 0.0540. The third kappa shape index (κ3) is 2.96. The zero-order chi connectivity index (χ0) is 14.8. The van der Waals surface area contributed by atoms with Crippen molar-refractivity contribution >= 4 is 21.8 Å². The molecule has 108 valence electrons. The van der Waals surface area contributed by atoms with Crippen LogP contribution in [0.2, 0.25) is 0 Å². The Balaban J connectivity index is 2.22. The van der Waals surface area contributed by atoms with Crippen molar-refractivity contribution in [2.24, 2.45) is 0 Å². The van der Waals surface area contributed by atoms with Gasteiger partial charge in [0, 0.05) is 11.8 Å². The number of carbonyl (C=O) groups is 1. The standard InChI is InChI=1S/C10H13N5O4S/c1-2-7-3-11-13-10(7)14-20(18,19)8-4-12-15(5-8)6-9(16)17/h3-5H,2,6H2,1H3,(H,16,17)(H2,11,13,14). The van der Waals surface area contributed by atoms with E-state index in [1.165, 1.54) is 6.20 Å². The van der Waals surface area contributed by atoms with E-state index >= 15 is 0 Å². The van der Waals surface area contributed by atoms with E-state index in [-0.39, 0.29) is 4.90 Å². The van der Waals surface area contributed by atoms with Gasteiger partial charge in [0.15, 0.2) is 0 Å². The van der Waals surface area contributed by atoms with Gasteiger partial charge in [0.25, 0.3) is 10.0 Å². The number of aryl methyl sites for hydroxylation is 1. The number of anilines is 1. The zero-order valence-electron chi connectivity index (χ0n) is 10.6. The van der Waals surface area contributed by atoms with Gasteiger partial charge in [-0.15, -0.1) is 0 Å². The van der Waals surface area contributed by atoms with Crippen molar-refractivity contribution in [1.29, 1.82) is 0 Å². The van der Waals surface area contributed by atoms with E-state index in [1.807, 2.05) is 6.92 Å². The maximum atomic E-state index is 12.1. The van der Waals surface area contributed by atoms with Crippen LogP contribution in [-0.4, -0.2) is 39.5 Å². The summed E-state index contributed by atoms with van der Waals surface area (Å²) in [4.78, 5) is 10.4. The van der Waals surface area contributed by atoms with Gasteiger partial charge in [-0.1, -0.05) is 6.92 Å². The van der Waals surface area contributed by atoms with E-state index < -0.39 is 22.5 Å². The van der Waals surface area contributed by atoms with Crippen molar-refractivity contribution in [3.8, 4) is 0 Å². The van der Waals surface area contributed by atoms with Gasteiger partial charge >= 0.3 is 5.97 Å². The van der Waals surface area contributed by atoms with Gasteiger partial charge in [0.2, 0.25) is 0 Å². The van der Waals surface area contributed by atoms with Gasteiger partial charge in [0.05, 0.1) is 12.4 Å². The molecule has 0 saturated heterocycles. The fourth-order valence-electron chi connectivity index (χ4n) is 1.57. The molecule has 0 unspecified atom stereocenters. The maximum absolute atomic E-state index is 12.1. The molecule has 0 bridgehead atoms. The van der Waals surface area contributed by atoms with Crippen LogP contribution in [0.4, 0.5) is 5.82 Å². The fourth-order valence-corrected chi connectivity index (χ4v) is 2.58. The first-order valence-corrected chi connectivity index (χ1v) is 7.20. The molecule has 0 radical (unpaired) electrons. The number of nitrogens with zero attached hydrogens (tertiary/aromatic N) is 3. The molecule has 0 aromatic carbocycles. The third-order valence-electron chi connectivity index (χ3n) is 2.55. The Morgan fingerprint density at radius 1 is 1.50 bits per heavy atom. The van der Waals surface area contributed by atoms with Crippen LogP contribution in [0, 0.1) is 0 Å². The molecular weight excluding hydrogens is 286 g/mol. The third-order valence-corrected chi connectivity index (χ3v) is 3.86. The van der Waals surface area contributed by atoms with Gasteiger partial charge in [-0.25, -0.2) is 8.42 Å². The molecule has 0 spiro atoms. The Bertz CT molecular complexity index is 718. The molecule has 0 atom stereocenters. The van der Waals surface area contributed by atoms with Gasteiger partial charge in [-0.05, 0) is 6.42 Å². The number of rotatable bonds is 6. The van der Waals surface area contributed by atoms with Gasteiger partial charge in [-0.2, -0.15) is 10.2 Å². The Kier molecular flexibility index (Phi) is 3.74. The summed E-state index contributed by atoms with van der Waals surface area (Å²) in [6.07, 6.45) is 4.39. The SMILES string of the molecule is CCc1cn[nH]c1NS(=O)(=O)c1cnn(CC(=O)O)c1. The first kappa shape index (κ1) is 14.1. The minimum absolute atomic E-state index is 0.115. The Hall–Kier alpha value is -2.36. The molecule has 9 nitrogen and oxygen atoms in total. The molecule has 0 fully saturated rings. The Morgan fingerprint density at radius 2 is 2.25 bits per heavy atom. The predicted molar refractivity (Wildman–Crippen MR) is 68.6 cm³/mol. The highest BCUT2D eigenvalue weighted by Gasteiger charge is 2.19. The largest absolute Gasteiger partial charge is 0.480 e. The molecular formula is C10H13N5O4S. The maximum Gasteiger partial charge on any atom is 0.325 e. The van der Waals surface area contributed by atoms with Crippen molar-refractivity contribution in [3.63, 3.8) is 0 Å². The lowest BCUT2D eigenvalue weighted by atomic mass is 10.3. The van der Waals surface area contributed by atoms with Crippen LogP contribution in [0.5, 0.6) is 0 Å². The zero-order valence-corrected chi connectivity index (χ0v) is 11.4. The fraction of sp³-hybridized carbons (Fsp3) is 0.300. The Labute approximate surface area is 114 Å². The van der Waals surface area contributed by atoms with Crippen LogP contribution >= 0.6 is 0 Å². The summed E-state index contributed by atoms with van der Waals surface area (Å²) in [7, 11) is -3.83. The molecule has 2 rings (SSSR count). The van der Waals surface area contributed by atoms with Crippen LogP contribution in [0.25, 0.3) is 0 Å². The van der Waals surface area contributed by atoms with Crippen LogP contribution in [0.1, 0.15) is 12.5 Å². The van der Waals surface area contributed by atoms with Crippen molar-refractivity contribution in [2.75, 3.05) is 4.72 Å². The summed E-state index contributed by atoms with van der Waals surface area (Å²) in [6.45, 7) is 1.47. The summed E-state index contributed by atoms with van der Waals surface area (Å²) in [6, 6.07) is 0. The Morgan fingerprint density at radius 3 is 2.90 bits per heavy atom. The van der Waals surface area contributed by atoms with Crippen molar-refractivity contribution < 1.29 is 18.3 Å². The smallest absolute Gasteiger partial charge is 0.325 e. The second-order valence-corrected chi connectivity index (χ2v) is 5.68. The average Bonchev–Trinajstić information content (AvgIpc) is 2.97. The van der Waals surface area contributed by atoms with Crippen LogP contribution in [0.15, 0.2) is 23.5 Å². The quantitative estimate of drug-likeness (QED) is 0.691. The number of aromatic nitrogens is 4. The molecule has 2 aromatic rings. The number of carboxylic acid groups (broad SMARTS) is 1. The normalized spacial score (nSPS) is 11.4. The highest BCUT2D eigenvalue weighted by atomic mass is 32.2. The summed E-state index contributed by atoms with van der Waals surface area (Å²) < 4.78 is 27.6. The molecule has 2 aromatic heterocycles. The van der Waals surface area contributed by atoms with Crippen molar-refractivity contribution in [2.45, 2.75) is 24.8 Å². The lowest BCUT2D eigenvalue weighted by Gasteiger charge is -2.05. The summed E-state index contributed by atoms with van der Waals surface area (Å²) in [5.41, 5.74) is 0.728. The number of hydrogen-bond acceptors (Lipinski definition) is 5. The summed E-state index contributed by atoms with van der Waals surface area (Å²) >= 11 is 0. The molecule has 0 saturated carbocycles. The van der Waals surface area contributed by atoms with E-state index in [2.05, 4.69) is 20.0 Å². The van der Waals surface area contributed by atoms with Gasteiger partial charge in [-0.3, -0.25) is 19.3 Å².